The van der Waals surface area contributed by atoms with Crippen LogP contribution >= 0.6 is 68.0 Å². The topological polar surface area (TPSA) is 348 Å². The Morgan fingerprint density at radius 3 is 2.12 bits per heavy atom. The van der Waals surface area contributed by atoms with Gasteiger partial charge in [0.25, 0.3) is 11.8 Å². The lowest BCUT2D eigenvalue weighted by Gasteiger charge is -2.29. The molecule has 4 atom stereocenters. The molecule has 89 heavy (non-hydrogen) atoms. The number of anilines is 1. The number of nitrogens with one attached hydrogen (secondary N) is 4. The highest BCUT2D eigenvalue weighted by molar-refractivity contribution is 7.15. The molecule has 1 unspecified atom stereocenters. The van der Waals surface area contributed by atoms with Crippen LogP contribution in [0.5, 0.6) is 0 Å². The number of benzene rings is 1. The van der Waals surface area contributed by atoms with Crippen molar-refractivity contribution in [2.45, 2.75) is 96.4 Å². The molecule has 1 saturated carbocycles. The zero-order valence-electron chi connectivity index (χ0n) is 48.5. The fraction of sp³-hybridized carbons (Fsp3) is 0.373. The molecule has 0 radical (unpaired) electrons. The maximum atomic E-state index is 14.4. The number of aliphatic carboxylic acids is 2. The molecule has 7 N–H and O–H groups in total. The zero-order valence-corrected chi connectivity index (χ0v) is 53.4. The lowest BCUT2D eigenvalue weighted by molar-refractivity contribution is -0.144. The van der Waals surface area contributed by atoms with Crippen molar-refractivity contribution in [3.05, 3.63) is 111 Å². The number of hydrogen-bond donors (Lipinski definition) is 7. The number of fused-ring (bicyclic) bond motifs is 14. The molecular weight excluding hydrogens is 1260 g/mol. The number of nitrogens with zero attached hydrogens (tertiary/aromatic N) is 8. The smallest absolute Gasteiger partial charge is 0.306 e. The number of aryl methyl sites for hydroxylation is 1. The van der Waals surface area contributed by atoms with Gasteiger partial charge in [0.15, 0.2) is 5.78 Å². The number of aromatic nitrogens is 7. The average molecular weight is 1320 g/mol. The molecule has 10 rings (SSSR count). The minimum atomic E-state index is -1.30. The number of rotatable bonds is 14. The van der Waals surface area contributed by atoms with Crippen molar-refractivity contribution in [2.24, 2.45) is 17.8 Å². The van der Waals surface area contributed by atoms with Crippen LogP contribution in [0.2, 0.25) is 0 Å². The van der Waals surface area contributed by atoms with Crippen molar-refractivity contribution in [1.82, 2.24) is 56.2 Å². The standard InChI is InChI=1S/C59H60N12O12S6/c1-27(2)33-19-39(72)45-28(3)88-56(69-45)35(20-42(73)60-4)63-50(78)37-24-84-52(65-37)32-15-16-34(54-67-41(26-87-54)71(18-17-44(75)76)58(80)30-11-13-31(14-12-30)59(81)82)62-46(32)36-23-85-55(64-36)38-25-86-57(66-38)48(49(77)29-9-7-6-8-10-29)68-43(74)21-61-51(79)47-40(22-83-5)89-53(33)70-47/h6-10,15-16,23-27,30-31,33,35,48-49,77H,11-14,17-22H2,1-5H3,(H,60,73)(H,61,79)(H,63,78)(H,68,74)(H,75,76)(H,81,82)/t30?,31?,33?,35-,48-,49-/m0/s1. The van der Waals surface area contributed by atoms with Crippen LogP contribution in [0.25, 0.3) is 43.4 Å². The van der Waals surface area contributed by atoms with Crippen molar-refractivity contribution in [1.29, 1.82) is 0 Å². The molecule has 8 aromatic rings. The molecule has 30 heteroatoms. The molecular formula is C59H60N12O12S6. The fourth-order valence-electron chi connectivity index (χ4n) is 10.3. The highest BCUT2D eigenvalue weighted by Gasteiger charge is 2.36. The Morgan fingerprint density at radius 1 is 0.719 bits per heavy atom. The number of methoxy groups -OCH3 is 1. The summed E-state index contributed by atoms with van der Waals surface area (Å²) in [5, 5.41) is 51.3. The molecule has 0 spiro atoms. The van der Waals surface area contributed by atoms with E-state index in [0.717, 1.165) is 22.7 Å². The van der Waals surface area contributed by atoms with Crippen LogP contribution in [0, 0.1) is 24.7 Å². The van der Waals surface area contributed by atoms with Gasteiger partial charge in [-0.3, -0.25) is 43.3 Å². The number of carbonyl (C=O) groups excluding carboxylic acids is 6. The van der Waals surface area contributed by atoms with Crippen LogP contribution in [-0.4, -0.2) is 125 Å². The van der Waals surface area contributed by atoms with Gasteiger partial charge < -0.3 is 41.3 Å². The first-order valence-corrected chi connectivity index (χ1v) is 33.3. The number of aliphatic hydroxyl groups excluding tert-OH is 1. The second-order valence-corrected chi connectivity index (χ2v) is 27.3. The summed E-state index contributed by atoms with van der Waals surface area (Å²) in [6.07, 6.45) is -0.676. The second-order valence-electron chi connectivity index (χ2n) is 21.4. The predicted octanol–water partition coefficient (Wildman–Crippen LogP) is 8.90. The van der Waals surface area contributed by atoms with E-state index >= 15 is 0 Å². The highest BCUT2D eigenvalue weighted by Crippen LogP contribution is 2.42. The van der Waals surface area contributed by atoms with Gasteiger partial charge in [-0.2, -0.15) is 0 Å². The second kappa shape index (κ2) is 28.2. The molecule has 464 valence electrons. The number of carboxylic acids is 2. The van der Waals surface area contributed by atoms with E-state index in [0.29, 0.717) is 99.4 Å². The number of thiazole rings is 6. The van der Waals surface area contributed by atoms with E-state index in [1.54, 1.807) is 70.9 Å². The van der Waals surface area contributed by atoms with Gasteiger partial charge in [-0.05, 0) is 56.2 Å². The van der Waals surface area contributed by atoms with Crippen LogP contribution in [-0.2, 0) is 35.3 Å². The van der Waals surface area contributed by atoms with E-state index < -0.39 is 78.1 Å². The Labute approximate surface area is 533 Å². The molecule has 1 aliphatic heterocycles. The SMILES string of the molecule is CNC(=O)C[C@@H]1NC(=O)c2csc(n2)-c2ccc(-c3nc(N(CCC(=O)O)C(=O)C4CCC(C(=O)O)CC4)cs3)nc2-c2csc(n2)-c2csc(n2)[C@H]([C@@H](O)c2ccccc2)NC(=O)CNC(=O)c2nc(sc2COC)C(C(C)C)CC(=O)c2nc1sc2C. The lowest BCUT2D eigenvalue weighted by atomic mass is 9.81. The molecule has 5 amide bonds. The largest absolute Gasteiger partial charge is 0.481 e. The fourth-order valence-corrected chi connectivity index (χ4v) is 15.9. The summed E-state index contributed by atoms with van der Waals surface area (Å²) in [6.45, 7) is 4.92. The number of pyridine rings is 1. The van der Waals surface area contributed by atoms with Gasteiger partial charge in [-0.25, -0.2) is 34.9 Å². The number of aliphatic hydroxyl groups is 1. The van der Waals surface area contributed by atoms with Crippen molar-refractivity contribution >= 4 is 121 Å². The molecule has 10 bridgehead atoms. The van der Waals surface area contributed by atoms with Gasteiger partial charge in [0.05, 0.1) is 53.5 Å². The quantitative estimate of drug-likeness (QED) is 0.0534. The molecule has 0 saturated heterocycles. The summed E-state index contributed by atoms with van der Waals surface area (Å²) in [7, 11) is 2.94. The van der Waals surface area contributed by atoms with Gasteiger partial charge in [-0.15, -0.1) is 68.0 Å². The van der Waals surface area contributed by atoms with E-state index in [1.165, 1.54) is 64.4 Å². The Hall–Kier alpha value is -7.97. The summed E-state index contributed by atoms with van der Waals surface area (Å²) >= 11 is 7.10. The number of Topliss-reactive ketones (excluding diaryl/α,β-unsaturated/α-hetero) is 1. The van der Waals surface area contributed by atoms with Gasteiger partial charge in [0, 0.05) is 70.9 Å². The monoisotopic (exact) mass is 1320 g/mol. The third kappa shape index (κ3) is 14.7. The van der Waals surface area contributed by atoms with Crippen LogP contribution in [0.15, 0.2) is 64.0 Å². The summed E-state index contributed by atoms with van der Waals surface area (Å²) in [5.74, 6) is -6.60. The Kier molecular flexibility index (Phi) is 20.3. The van der Waals surface area contributed by atoms with Crippen molar-refractivity contribution < 1.29 is 58.4 Å². The van der Waals surface area contributed by atoms with E-state index in [4.69, 9.17) is 39.6 Å². The minimum absolute atomic E-state index is 0.0000206. The Balaban J connectivity index is 1.05. The first-order chi connectivity index (χ1) is 42.8. The molecule has 24 nitrogen and oxygen atoms in total. The summed E-state index contributed by atoms with van der Waals surface area (Å²) in [6, 6.07) is 10.1. The van der Waals surface area contributed by atoms with Crippen LogP contribution < -0.4 is 26.2 Å². The van der Waals surface area contributed by atoms with Crippen molar-refractivity contribution in [2.75, 3.05) is 32.1 Å². The third-order valence-electron chi connectivity index (χ3n) is 15.1. The van der Waals surface area contributed by atoms with E-state index in [2.05, 4.69) is 21.3 Å². The Bertz CT molecular complexity index is 3960. The van der Waals surface area contributed by atoms with Gasteiger partial charge in [0.2, 0.25) is 17.7 Å². The number of ether oxygens (including phenoxy) is 1. The van der Waals surface area contributed by atoms with Crippen LogP contribution in [0.3, 0.4) is 0 Å². The molecule has 8 heterocycles. The van der Waals surface area contributed by atoms with E-state index in [9.17, 15) is 53.7 Å². The minimum Gasteiger partial charge on any atom is -0.481 e. The first-order valence-electron chi connectivity index (χ1n) is 28.2. The number of amides is 5. The van der Waals surface area contributed by atoms with Crippen LogP contribution in [0.4, 0.5) is 5.82 Å². The maximum absolute atomic E-state index is 14.4. The summed E-state index contributed by atoms with van der Waals surface area (Å²) in [5.41, 5.74) is 2.51. The number of carbonyl (C=O) groups is 8. The van der Waals surface area contributed by atoms with Gasteiger partial charge in [-0.1, -0.05) is 44.2 Å². The van der Waals surface area contributed by atoms with Gasteiger partial charge >= 0.3 is 11.9 Å². The zero-order chi connectivity index (χ0) is 63.2. The summed E-state index contributed by atoms with van der Waals surface area (Å²) in [4.78, 5) is 144. The number of hydrogen-bond acceptors (Lipinski definition) is 23. The van der Waals surface area contributed by atoms with E-state index in [1.807, 2.05) is 13.8 Å². The highest BCUT2D eigenvalue weighted by atomic mass is 32.1. The normalized spacial score (nSPS) is 18.8. The van der Waals surface area contributed by atoms with E-state index in [-0.39, 0.29) is 72.9 Å². The number of ketones is 1. The maximum Gasteiger partial charge on any atom is 0.306 e. The summed E-state index contributed by atoms with van der Waals surface area (Å²) < 4.78 is 5.47. The number of carboxylic acid groups (broad SMARTS) is 2. The van der Waals surface area contributed by atoms with Gasteiger partial charge in [0.1, 0.15) is 77.2 Å². The van der Waals surface area contributed by atoms with Crippen molar-refractivity contribution in [3.8, 4) is 43.4 Å². The first kappa shape index (κ1) is 64.0. The van der Waals surface area contributed by atoms with Crippen LogP contribution in [0.1, 0.15) is 145 Å². The predicted molar refractivity (Wildman–Crippen MR) is 336 cm³/mol. The molecule has 1 aromatic carbocycles. The Morgan fingerprint density at radius 2 is 1.40 bits per heavy atom. The molecule has 2 aliphatic rings. The van der Waals surface area contributed by atoms with Crippen molar-refractivity contribution in [3.63, 3.8) is 0 Å². The molecule has 7 aromatic heterocycles. The molecule has 1 aliphatic carbocycles. The molecule has 1 fully saturated rings. The third-order valence-corrected chi connectivity index (χ3v) is 20.9. The average Bonchev–Trinajstić information content (AvgIpc) is 2.61. The lowest BCUT2D eigenvalue weighted by Crippen LogP contribution is -2.40.